The number of alkyl halides is 1. The molecule has 2 aromatic rings. The Hall–Kier alpha value is -1.87. The van der Waals surface area contributed by atoms with Crippen LogP contribution in [0.15, 0.2) is 42.5 Å². The first-order valence-corrected chi connectivity index (χ1v) is 5.58. The van der Waals surface area contributed by atoms with Crippen LogP contribution < -0.4 is 4.74 Å². The molecule has 0 aromatic heterocycles. The molecule has 0 unspecified atom stereocenters. The van der Waals surface area contributed by atoms with Crippen molar-refractivity contribution in [2.24, 2.45) is 0 Å². The predicted molar refractivity (Wildman–Crippen MR) is 65.8 cm³/mol. The summed E-state index contributed by atoms with van der Waals surface area (Å²) in [6.07, 6.45) is 0. The van der Waals surface area contributed by atoms with Crippen molar-refractivity contribution in [1.82, 2.24) is 0 Å². The number of benzene rings is 2. The summed E-state index contributed by atoms with van der Waals surface area (Å²) in [6, 6.07) is 11.7. The number of hydrogen-bond donors (Lipinski definition) is 2. The average molecular weight is 251 g/mol. The van der Waals surface area contributed by atoms with E-state index >= 15 is 0 Å². The molecule has 0 heterocycles. The fourth-order valence-corrected chi connectivity index (χ4v) is 1.73. The van der Waals surface area contributed by atoms with Gasteiger partial charge in [-0.25, -0.2) is 0 Å². The zero-order chi connectivity index (χ0) is 12.3. The summed E-state index contributed by atoms with van der Waals surface area (Å²) in [5, 5.41) is 19.0. The molecular weight excluding hydrogens is 240 g/mol. The zero-order valence-electron chi connectivity index (χ0n) is 8.93. The number of phenolic OH excluding ortho intramolecular Hbond substituents is 2. The molecule has 0 spiro atoms. The van der Waals surface area contributed by atoms with E-state index in [0.29, 0.717) is 17.1 Å². The lowest BCUT2D eigenvalue weighted by molar-refractivity contribution is 0.426. The van der Waals surface area contributed by atoms with Gasteiger partial charge in [-0.3, -0.25) is 0 Å². The molecule has 2 N–H and O–H groups in total. The minimum atomic E-state index is -0.0778. The highest BCUT2D eigenvalue weighted by molar-refractivity contribution is 6.17. The Labute approximate surface area is 104 Å². The second-order valence-corrected chi connectivity index (χ2v) is 3.76. The van der Waals surface area contributed by atoms with Gasteiger partial charge in [0.1, 0.15) is 23.0 Å². The second kappa shape index (κ2) is 4.97. The highest BCUT2D eigenvalue weighted by atomic mass is 35.5. The van der Waals surface area contributed by atoms with Crippen molar-refractivity contribution in [2.45, 2.75) is 5.88 Å². The third kappa shape index (κ3) is 2.63. The Balaban J connectivity index is 2.38. The molecule has 0 aliphatic rings. The standard InChI is InChI=1S/C13H11ClO3/c14-8-11-12(16)6-9(15)7-13(11)17-10-4-2-1-3-5-10/h1-7,15-16H,8H2. The highest BCUT2D eigenvalue weighted by Crippen LogP contribution is 2.36. The number of ether oxygens (including phenoxy) is 1. The minimum Gasteiger partial charge on any atom is -0.508 e. The van der Waals surface area contributed by atoms with E-state index in [0.717, 1.165) is 0 Å². The lowest BCUT2D eigenvalue weighted by Gasteiger charge is -2.11. The first-order valence-electron chi connectivity index (χ1n) is 5.04. The number of aromatic hydroxyl groups is 2. The van der Waals surface area contributed by atoms with Gasteiger partial charge in [0.05, 0.1) is 11.4 Å². The van der Waals surface area contributed by atoms with E-state index in [2.05, 4.69) is 0 Å². The first kappa shape index (κ1) is 11.6. The molecule has 17 heavy (non-hydrogen) atoms. The SMILES string of the molecule is Oc1cc(O)c(CCl)c(Oc2ccccc2)c1. The van der Waals surface area contributed by atoms with Crippen molar-refractivity contribution in [2.75, 3.05) is 0 Å². The number of hydrogen-bond acceptors (Lipinski definition) is 3. The summed E-state index contributed by atoms with van der Waals surface area (Å²) >= 11 is 5.73. The molecule has 0 atom stereocenters. The summed E-state index contributed by atoms with van der Waals surface area (Å²) in [5.41, 5.74) is 0.452. The lowest BCUT2D eigenvalue weighted by Crippen LogP contribution is -1.90. The van der Waals surface area contributed by atoms with Gasteiger partial charge in [0.25, 0.3) is 0 Å². The Bertz CT molecular complexity index is 512. The topological polar surface area (TPSA) is 49.7 Å². The molecule has 0 fully saturated rings. The summed E-state index contributed by atoms with van der Waals surface area (Å²) in [5.74, 6) is 0.926. The predicted octanol–water partition coefficient (Wildman–Crippen LogP) is 3.63. The van der Waals surface area contributed by atoms with Gasteiger partial charge in [-0.15, -0.1) is 11.6 Å². The average Bonchev–Trinajstić information content (AvgIpc) is 2.30. The van der Waals surface area contributed by atoms with E-state index in [-0.39, 0.29) is 17.4 Å². The summed E-state index contributed by atoms with van der Waals surface area (Å²) in [6.45, 7) is 0. The van der Waals surface area contributed by atoms with Gasteiger partial charge in [0.2, 0.25) is 0 Å². The molecule has 0 saturated carbocycles. The van der Waals surface area contributed by atoms with Crippen molar-refractivity contribution in [3.8, 4) is 23.0 Å². The van der Waals surface area contributed by atoms with Gasteiger partial charge < -0.3 is 14.9 Å². The van der Waals surface area contributed by atoms with Crippen molar-refractivity contribution >= 4 is 11.6 Å². The quantitative estimate of drug-likeness (QED) is 0.818. The molecule has 3 nitrogen and oxygen atoms in total. The van der Waals surface area contributed by atoms with Crippen LogP contribution in [0.2, 0.25) is 0 Å². The van der Waals surface area contributed by atoms with Crippen LogP contribution in [0.3, 0.4) is 0 Å². The van der Waals surface area contributed by atoms with Gasteiger partial charge in [-0.1, -0.05) is 18.2 Å². The minimum absolute atomic E-state index is 0.0673. The molecular formula is C13H11ClO3. The van der Waals surface area contributed by atoms with E-state index in [1.54, 1.807) is 12.1 Å². The maximum absolute atomic E-state index is 9.63. The molecule has 0 saturated heterocycles. The van der Waals surface area contributed by atoms with Crippen LogP contribution in [0.4, 0.5) is 0 Å². The van der Waals surface area contributed by atoms with E-state index in [4.69, 9.17) is 16.3 Å². The highest BCUT2D eigenvalue weighted by Gasteiger charge is 2.11. The van der Waals surface area contributed by atoms with Crippen LogP contribution in [0.25, 0.3) is 0 Å². The van der Waals surface area contributed by atoms with Crippen molar-refractivity contribution in [3.63, 3.8) is 0 Å². The fourth-order valence-electron chi connectivity index (χ4n) is 1.46. The number of rotatable bonds is 3. The Morgan fingerprint density at radius 2 is 1.76 bits per heavy atom. The lowest BCUT2D eigenvalue weighted by atomic mass is 10.2. The normalized spacial score (nSPS) is 10.2. The maximum atomic E-state index is 9.63. The van der Waals surface area contributed by atoms with E-state index < -0.39 is 0 Å². The fraction of sp³-hybridized carbons (Fsp3) is 0.0769. The van der Waals surface area contributed by atoms with Crippen molar-refractivity contribution in [1.29, 1.82) is 0 Å². The summed E-state index contributed by atoms with van der Waals surface area (Å²) in [4.78, 5) is 0. The third-order valence-electron chi connectivity index (χ3n) is 2.27. The van der Waals surface area contributed by atoms with Gasteiger partial charge in [0.15, 0.2) is 0 Å². The van der Waals surface area contributed by atoms with Gasteiger partial charge >= 0.3 is 0 Å². The molecule has 2 aromatic carbocycles. The molecule has 0 aliphatic carbocycles. The van der Waals surface area contributed by atoms with Crippen LogP contribution in [-0.4, -0.2) is 10.2 Å². The summed E-state index contributed by atoms with van der Waals surface area (Å²) in [7, 11) is 0. The van der Waals surface area contributed by atoms with Crippen LogP contribution >= 0.6 is 11.6 Å². The Morgan fingerprint density at radius 3 is 2.41 bits per heavy atom. The van der Waals surface area contributed by atoms with Crippen LogP contribution in [0, 0.1) is 0 Å². The first-order chi connectivity index (χ1) is 8.20. The largest absolute Gasteiger partial charge is 0.508 e. The van der Waals surface area contributed by atoms with Gasteiger partial charge in [0, 0.05) is 12.1 Å². The summed E-state index contributed by atoms with van der Waals surface area (Å²) < 4.78 is 5.56. The number of para-hydroxylation sites is 1. The third-order valence-corrected chi connectivity index (χ3v) is 2.54. The molecule has 0 radical (unpaired) electrons. The van der Waals surface area contributed by atoms with Crippen molar-refractivity contribution in [3.05, 3.63) is 48.0 Å². The molecule has 4 heteroatoms. The van der Waals surface area contributed by atoms with E-state index in [1.807, 2.05) is 18.2 Å². The van der Waals surface area contributed by atoms with Crippen LogP contribution in [0.1, 0.15) is 5.56 Å². The molecule has 0 bridgehead atoms. The molecule has 0 amide bonds. The Kier molecular flexibility index (Phi) is 3.40. The van der Waals surface area contributed by atoms with Crippen molar-refractivity contribution < 1.29 is 14.9 Å². The van der Waals surface area contributed by atoms with Crippen LogP contribution in [0.5, 0.6) is 23.0 Å². The van der Waals surface area contributed by atoms with Crippen LogP contribution in [-0.2, 0) is 5.88 Å². The zero-order valence-corrected chi connectivity index (χ0v) is 9.69. The van der Waals surface area contributed by atoms with E-state index in [1.165, 1.54) is 12.1 Å². The molecule has 0 aliphatic heterocycles. The monoisotopic (exact) mass is 250 g/mol. The molecule has 2 rings (SSSR count). The van der Waals surface area contributed by atoms with Gasteiger partial charge in [-0.05, 0) is 12.1 Å². The van der Waals surface area contributed by atoms with E-state index in [9.17, 15) is 10.2 Å². The van der Waals surface area contributed by atoms with Gasteiger partial charge in [-0.2, -0.15) is 0 Å². The second-order valence-electron chi connectivity index (χ2n) is 3.49. The maximum Gasteiger partial charge on any atom is 0.139 e. The smallest absolute Gasteiger partial charge is 0.139 e. The number of phenols is 2. The Morgan fingerprint density at radius 1 is 1.06 bits per heavy atom. The number of halogens is 1. The molecule has 88 valence electrons.